The third kappa shape index (κ3) is 2.27. The third-order valence-corrected chi connectivity index (χ3v) is 2.76. The minimum Gasteiger partial charge on any atom is -0.255 e. The fourth-order valence-electron chi connectivity index (χ4n) is 1.23. The van der Waals surface area contributed by atoms with Crippen LogP contribution in [0.1, 0.15) is 0 Å². The molecule has 0 aliphatic carbocycles. The Morgan fingerprint density at radius 1 is 1.07 bits per heavy atom. The molecule has 2 heterocycles. The van der Waals surface area contributed by atoms with Crippen LogP contribution in [0.25, 0.3) is 11.4 Å². The summed E-state index contributed by atoms with van der Waals surface area (Å²) in [6, 6.07) is 11.1. The van der Waals surface area contributed by atoms with Gasteiger partial charge < -0.3 is 0 Å². The van der Waals surface area contributed by atoms with E-state index in [-0.39, 0.29) is 0 Å². The Labute approximate surface area is 90.7 Å². The number of aromatic nitrogens is 2. The molecule has 0 N–H and O–H groups in total. The number of rotatable bonds is 2. The van der Waals surface area contributed by atoms with Crippen LogP contribution in [0.3, 0.4) is 0 Å². The highest BCUT2D eigenvalue weighted by Crippen LogP contribution is 2.14. The van der Waals surface area contributed by atoms with Crippen LogP contribution in [-0.2, 0) is 10.8 Å². The standard InChI is InChI=1S/C11H10N2OS/c1-15(14)11-7-4-6-10(13-11)9-5-2-3-8-12-9/h2-8H,1H3/t15-/m1/s1. The Hall–Kier alpha value is -1.55. The zero-order valence-corrected chi connectivity index (χ0v) is 9.07. The molecule has 0 fully saturated rings. The van der Waals surface area contributed by atoms with E-state index in [0.717, 1.165) is 11.4 Å². The minimum absolute atomic E-state index is 0.582. The molecular weight excluding hydrogens is 208 g/mol. The van der Waals surface area contributed by atoms with E-state index in [2.05, 4.69) is 9.97 Å². The highest BCUT2D eigenvalue weighted by atomic mass is 32.2. The lowest BCUT2D eigenvalue weighted by Gasteiger charge is -2.01. The lowest BCUT2D eigenvalue weighted by molar-refractivity contribution is 0.684. The molecule has 1 atom stereocenters. The van der Waals surface area contributed by atoms with Crippen molar-refractivity contribution in [2.45, 2.75) is 5.03 Å². The van der Waals surface area contributed by atoms with Crippen LogP contribution < -0.4 is 0 Å². The molecule has 0 unspecified atom stereocenters. The van der Waals surface area contributed by atoms with E-state index in [4.69, 9.17) is 0 Å². The average molecular weight is 218 g/mol. The minimum atomic E-state index is -1.05. The number of hydrogen-bond acceptors (Lipinski definition) is 3. The summed E-state index contributed by atoms with van der Waals surface area (Å²) in [7, 11) is -1.05. The highest BCUT2D eigenvalue weighted by molar-refractivity contribution is 7.84. The topological polar surface area (TPSA) is 42.9 Å². The summed E-state index contributed by atoms with van der Waals surface area (Å²) in [6.07, 6.45) is 3.33. The Balaban J connectivity index is 2.46. The van der Waals surface area contributed by atoms with Gasteiger partial charge in [0.25, 0.3) is 0 Å². The van der Waals surface area contributed by atoms with Crippen molar-refractivity contribution in [1.29, 1.82) is 0 Å². The van der Waals surface area contributed by atoms with Gasteiger partial charge in [-0.25, -0.2) is 4.98 Å². The maximum absolute atomic E-state index is 11.3. The van der Waals surface area contributed by atoms with Gasteiger partial charge in [-0.05, 0) is 24.3 Å². The van der Waals surface area contributed by atoms with Crippen molar-refractivity contribution in [3.8, 4) is 11.4 Å². The lowest BCUT2D eigenvalue weighted by atomic mass is 10.2. The first kappa shape index (κ1) is 9.98. The first-order valence-electron chi connectivity index (χ1n) is 4.49. The van der Waals surface area contributed by atoms with Crippen molar-refractivity contribution in [1.82, 2.24) is 9.97 Å². The van der Waals surface area contributed by atoms with Gasteiger partial charge >= 0.3 is 0 Å². The first-order valence-corrected chi connectivity index (χ1v) is 6.05. The summed E-state index contributed by atoms with van der Waals surface area (Å²) in [5.41, 5.74) is 1.55. The molecule has 2 aromatic heterocycles. The molecule has 4 heteroatoms. The second-order valence-corrected chi connectivity index (χ2v) is 4.36. The molecule has 76 valence electrons. The number of nitrogens with zero attached hydrogens (tertiary/aromatic N) is 2. The summed E-state index contributed by atoms with van der Waals surface area (Å²) in [5, 5.41) is 0.582. The molecule has 2 aromatic rings. The Morgan fingerprint density at radius 3 is 2.53 bits per heavy atom. The molecule has 0 aromatic carbocycles. The average Bonchev–Trinajstić information content (AvgIpc) is 2.30. The number of hydrogen-bond donors (Lipinski definition) is 0. The molecular formula is C11H10N2OS. The van der Waals surface area contributed by atoms with Gasteiger partial charge in [0.05, 0.1) is 22.2 Å². The molecule has 0 bridgehead atoms. The molecule has 3 nitrogen and oxygen atoms in total. The van der Waals surface area contributed by atoms with Crippen LogP contribution in [0.2, 0.25) is 0 Å². The lowest BCUT2D eigenvalue weighted by Crippen LogP contribution is -1.94. The first-order chi connectivity index (χ1) is 7.27. The van der Waals surface area contributed by atoms with Gasteiger partial charge in [-0.1, -0.05) is 12.1 Å². The molecule has 0 amide bonds. The van der Waals surface area contributed by atoms with Gasteiger partial charge in [-0.3, -0.25) is 9.19 Å². The summed E-state index contributed by atoms with van der Waals surface area (Å²) in [4.78, 5) is 8.47. The van der Waals surface area contributed by atoms with Crippen LogP contribution in [-0.4, -0.2) is 20.4 Å². The predicted octanol–water partition coefficient (Wildman–Crippen LogP) is 1.88. The number of pyridine rings is 2. The molecule has 0 saturated heterocycles. The van der Waals surface area contributed by atoms with Crippen molar-refractivity contribution in [3.63, 3.8) is 0 Å². The van der Waals surface area contributed by atoms with E-state index in [1.165, 1.54) is 0 Å². The smallest absolute Gasteiger partial charge is 0.127 e. The van der Waals surface area contributed by atoms with Crippen molar-refractivity contribution in [2.75, 3.05) is 6.26 Å². The van der Waals surface area contributed by atoms with Crippen molar-refractivity contribution in [3.05, 3.63) is 42.6 Å². The van der Waals surface area contributed by atoms with Crippen LogP contribution in [0, 0.1) is 0 Å². The van der Waals surface area contributed by atoms with E-state index < -0.39 is 10.8 Å². The third-order valence-electron chi connectivity index (χ3n) is 1.95. The second kappa shape index (κ2) is 4.31. The quantitative estimate of drug-likeness (QED) is 0.773. The van der Waals surface area contributed by atoms with Crippen molar-refractivity contribution < 1.29 is 4.21 Å². The molecule has 2 rings (SSSR count). The van der Waals surface area contributed by atoms with E-state index >= 15 is 0 Å². The highest BCUT2D eigenvalue weighted by Gasteiger charge is 2.03. The summed E-state index contributed by atoms with van der Waals surface area (Å²) in [6.45, 7) is 0. The zero-order valence-electron chi connectivity index (χ0n) is 8.25. The van der Waals surface area contributed by atoms with Gasteiger partial charge in [-0.15, -0.1) is 0 Å². The summed E-state index contributed by atoms with van der Waals surface area (Å²) in [5.74, 6) is 0. The largest absolute Gasteiger partial charge is 0.255 e. The Morgan fingerprint density at radius 2 is 1.87 bits per heavy atom. The summed E-state index contributed by atoms with van der Waals surface area (Å²) >= 11 is 0. The van der Waals surface area contributed by atoms with Crippen LogP contribution in [0.4, 0.5) is 0 Å². The Bertz CT molecular complexity index is 485. The van der Waals surface area contributed by atoms with Gasteiger partial charge in [0, 0.05) is 12.5 Å². The fourth-order valence-corrected chi connectivity index (χ4v) is 1.73. The molecule has 0 aliphatic rings. The molecule has 15 heavy (non-hydrogen) atoms. The van der Waals surface area contributed by atoms with Gasteiger partial charge in [0.1, 0.15) is 5.03 Å². The molecule has 0 spiro atoms. The van der Waals surface area contributed by atoms with Crippen molar-refractivity contribution >= 4 is 10.8 Å². The van der Waals surface area contributed by atoms with Crippen LogP contribution in [0.5, 0.6) is 0 Å². The van der Waals surface area contributed by atoms with Crippen LogP contribution >= 0.6 is 0 Å². The van der Waals surface area contributed by atoms with Crippen molar-refractivity contribution in [2.24, 2.45) is 0 Å². The molecule has 0 radical (unpaired) electrons. The zero-order chi connectivity index (χ0) is 10.7. The van der Waals surface area contributed by atoms with Gasteiger partial charge in [0.2, 0.25) is 0 Å². The van der Waals surface area contributed by atoms with Crippen LogP contribution in [0.15, 0.2) is 47.6 Å². The van der Waals surface area contributed by atoms with E-state index in [1.54, 1.807) is 18.5 Å². The van der Waals surface area contributed by atoms with E-state index in [1.807, 2.05) is 30.3 Å². The molecule has 0 saturated carbocycles. The maximum Gasteiger partial charge on any atom is 0.127 e. The van der Waals surface area contributed by atoms with Gasteiger partial charge in [-0.2, -0.15) is 0 Å². The molecule has 0 aliphatic heterocycles. The van der Waals surface area contributed by atoms with Gasteiger partial charge in [0.15, 0.2) is 0 Å². The summed E-state index contributed by atoms with van der Waals surface area (Å²) < 4.78 is 11.3. The second-order valence-electron chi connectivity index (χ2n) is 3.03. The maximum atomic E-state index is 11.3. The predicted molar refractivity (Wildman–Crippen MR) is 59.8 cm³/mol. The fraction of sp³-hybridized carbons (Fsp3) is 0.0909. The SMILES string of the molecule is C[S@@](=O)c1cccc(-c2ccccn2)n1. The van der Waals surface area contributed by atoms with E-state index in [0.29, 0.717) is 5.03 Å². The Kier molecular flexibility index (Phi) is 2.87. The van der Waals surface area contributed by atoms with E-state index in [9.17, 15) is 4.21 Å². The normalized spacial score (nSPS) is 12.3. The monoisotopic (exact) mass is 218 g/mol.